The Hall–Kier alpha value is -0.770. The van der Waals surface area contributed by atoms with Crippen LogP contribution in [0.15, 0.2) is 0 Å². The van der Waals surface area contributed by atoms with Gasteiger partial charge in [-0.15, -0.1) is 0 Å². The van der Waals surface area contributed by atoms with Gasteiger partial charge < -0.3 is 15.8 Å². The van der Waals surface area contributed by atoms with Crippen molar-refractivity contribution in [1.29, 1.82) is 0 Å². The topological polar surface area (TPSA) is 64.3 Å². The fourth-order valence-corrected chi connectivity index (χ4v) is 1.60. The molecule has 1 aliphatic carbocycles. The van der Waals surface area contributed by atoms with E-state index in [2.05, 4.69) is 5.32 Å². The van der Waals surface area contributed by atoms with Crippen LogP contribution >= 0.6 is 0 Å². The van der Waals surface area contributed by atoms with Gasteiger partial charge in [0.2, 0.25) is 0 Å². The zero-order valence-electron chi connectivity index (χ0n) is 8.08. The maximum Gasteiger partial charge on any atom is 0.407 e. The van der Waals surface area contributed by atoms with Crippen LogP contribution in [0.2, 0.25) is 0 Å². The molecular formula is C9H18N2O2. The molecule has 13 heavy (non-hydrogen) atoms. The zero-order chi connectivity index (χ0) is 9.68. The number of rotatable bonds is 2. The van der Waals surface area contributed by atoms with Crippen LogP contribution in [0.5, 0.6) is 0 Å². The lowest BCUT2D eigenvalue weighted by Gasteiger charge is -2.26. The molecule has 0 aromatic rings. The number of nitrogens with two attached hydrogens (primary N) is 1. The van der Waals surface area contributed by atoms with E-state index in [1.807, 2.05) is 0 Å². The van der Waals surface area contributed by atoms with Crippen LogP contribution < -0.4 is 11.1 Å². The number of hydrogen-bond acceptors (Lipinski definition) is 3. The quantitative estimate of drug-likeness (QED) is 0.676. The number of amides is 1. The SMILES string of the molecule is CCOC(=O)N[C@H]1CC[C@H](N)CC1. The van der Waals surface area contributed by atoms with Crippen molar-refractivity contribution in [1.82, 2.24) is 5.32 Å². The molecule has 1 saturated carbocycles. The van der Waals surface area contributed by atoms with Gasteiger partial charge >= 0.3 is 6.09 Å². The van der Waals surface area contributed by atoms with Crippen LogP contribution in [0.1, 0.15) is 32.6 Å². The Kier molecular flexibility index (Phi) is 4.02. The molecule has 1 rings (SSSR count). The summed E-state index contributed by atoms with van der Waals surface area (Å²) in [6, 6.07) is 0.582. The molecule has 0 aromatic heterocycles. The molecule has 76 valence electrons. The summed E-state index contributed by atoms with van der Waals surface area (Å²) in [5.74, 6) is 0. The third-order valence-electron chi connectivity index (χ3n) is 2.37. The molecule has 4 heteroatoms. The Labute approximate surface area is 78.8 Å². The Morgan fingerprint density at radius 2 is 2.08 bits per heavy atom. The lowest BCUT2D eigenvalue weighted by Crippen LogP contribution is -2.40. The maximum atomic E-state index is 11.0. The van der Waals surface area contributed by atoms with Gasteiger partial charge in [0, 0.05) is 12.1 Å². The highest BCUT2D eigenvalue weighted by Gasteiger charge is 2.19. The summed E-state index contributed by atoms with van der Waals surface area (Å²) >= 11 is 0. The molecule has 0 unspecified atom stereocenters. The summed E-state index contributed by atoms with van der Waals surface area (Å²) in [4.78, 5) is 11.0. The smallest absolute Gasteiger partial charge is 0.407 e. The lowest BCUT2D eigenvalue weighted by molar-refractivity contribution is 0.144. The van der Waals surface area contributed by atoms with Crippen LogP contribution in [-0.2, 0) is 4.74 Å². The third-order valence-corrected chi connectivity index (χ3v) is 2.37. The molecule has 0 spiro atoms. The van der Waals surface area contributed by atoms with E-state index in [0.717, 1.165) is 25.7 Å². The predicted molar refractivity (Wildman–Crippen MR) is 50.4 cm³/mol. The Balaban J connectivity index is 2.18. The standard InChI is InChI=1S/C9H18N2O2/c1-2-13-9(12)11-8-5-3-7(10)4-6-8/h7-8H,2-6,10H2,1H3,(H,11,12)/t7-,8-. The molecule has 0 saturated heterocycles. The van der Waals surface area contributed by atoms with Gasteiger partial charge in [-0.1, -0.05) is 0 Å². The second-order valence-electron chi connectivity index (χ2n) is 3.48. The van der Waals surface area contributed by atoms with Gasteiger partial charge in [0.05, 0.1) is 6.61 Å². The van der Waals surface area contributed by atoms with Crippen LogP contribution in [0.3, 0.4) is 0 Å². The van der Waals surface area contributed by atoms with Crippen LogP contribution in [0.4, 0.5) is 4.79 Å². The molecular weight excluding hydrogens is 168 g/mol. The van der Waals surface area contributed by atoms with E-state index in [1.165, 1.54) is 0 Å². The van der Waals surface area contributed by atoms with E-state index in [0.29, 0.717) is 12.6 Å². The number of carbonyl (C=O) groups excluding carboxylic acids is 1. The second kappa shape index (κ2) is 5.07. The molecule has 0 radical (unpaired) electrons. The summed E-state index contributed by atoms with van der Waals surface area (Å²) in [6.07, 6.45) is 3.64. The van der Waals surface area contributed by atoms with E-state index in [4.69, 9.17) is 10.5 Å². The molecule has 0 atom stereocenters. The number of ether oxygens (including phenoxy) is 1. The minimum absolute atomic E-state index is 0.263. The van der Waals surface area contributed by atoms with Gasteiger partial charge in [-0.3, -0.25) is 0 Å². The van der Waals surface area contributed by atoms with E-state index < -0.39 is 0 Å². The van der Waals surface area contributed by atoms with E-state index in [9.17, 15) is 4.79 Å². The highest BCUT2D eigenvalue weighted by atomic mass is 16.5. The van der Waals surface area contributed by atoms with Crippen LogP contribution in [0.25, 0.3) is 0 Å². The zero-order valence-corrected chi connectivity index (χ0v) is 8.08. The highest BCUT2D eigenvalue weighted by molar-refractivity contribution is 5.67. The van der Waals surface area contributed by atoms with Crippen molar-refractivity contribution >= 4 is 6.09 Å². The average molecular weight is 186 g/mol. The normalized spacial score (nSPS) is 28.2. The van der Waals surface area contributed by atoms with Crippen molar-refractivity contribution in [2.75, 3.05) is 6.61 Å². The van der Waals surface area contributed by atoms with E-state index in [1.54, 1.807) is 6.92 Å². The van der Waals surface area contributed by atoms with E-state index in [-0.39, 0.29) is 12.1 Å². The van der Waals surface area contributed by atoms with E-state index >= 15 is 0 Å². The van der Waals surface area contributed by atoms with Gasteiger partial charge in [-0.25, -0.2) is 4.79 Å². The first kappa shape index (κ1) is 10.3. The molecule has 0 bridgehead atoms. The molecule has 0 aliphatic heterocycles. The molecule has 4 nitrogen and oxygen atoms in total. The molecule has 0 aromatic carbocycles. The van der Waals surface area contributed by atoms with Crippen molar-refractivity contribution < 1.29 is 9.53 Å². The second-order valence-corrected chi connectivity index (χ2v) is 3.48. The Bertz CT molecular complexity index is 165. The Morgan fingerprint density at radius 3 is 2.62 bits per heavy atom. The number of nitrogens with one attached hydrogen (secondary N) is 1. The summed E-state index contributed by atoms with van der Waals surface area (Å²) in [6.45, 7) is 2.23. The Morgan fingerprint density at radius 1 is 1.46 bits per heavy atom. The highest BCUT2D eigenvalue weighted by Crippen LogP contribution is 2.16. The van der Waals surface area contributed by atoms with Gasteiger partial charge in [-0.05, 0) is 32.6 Å². The number of alkyl carbamates (subject to hydrolysis) is 1. The molecule has 3 N–H and O–H groups in total. The van der Waals surface area contributed by atoms with Crippen molar-refractivity contribution in [3.8, 4) is 0 Å². The first-order chi connectivity index (χ1) is 6.22. The minimum Gasteiger partial charge on any atom is -0.450 e. The van der Waals surface area contributed by atoms with Crippen LogP contribution in [0, 0.1) is 0 Å². The van der Waals surface area contributed by atoms with Crippen molar-refractivity contribution in [3.05, 3.63) is 0 Å². The minimum atomic E-state index is -0.303. The first-order valence-electron chi connectivity index (χ1n) is 4.91. The van der Waals surface area contributed by atoms with Crippen LogP contribution in [-0.4, -0.2) is 24.8 Å². The van der Waals surface area contributed by atoms with Gasteiger partial charge in [0.15, 0.2) is 0 Å². The van der Waals surface area contributed by atoms with Crippen molar-refractivity contribution in [3.63, 3.8) is 0 Å². The molecule has 0 heterocycles. The van der Waals surface area contributed by atoms with Gasteiger partial charge in [0.1, 0.15) is 0 Å². The van der Waals surface area contributed by atoms with Crippen molar-refractivity contribution in [2.45, 2.75) is 44.7 Å². The molecule has 1 amide bonds. The molecule has 1 fully saturated rings. The summed E-state index contributed by atoms with van der Waals surface area (Å²) < 4.78 is 4.79. The monoisotopic (exact) mass is 186 g/mol. The van der Waals surface area contributed by atoms with Crippen molar-refractivity contribution in [2.24, 2.45) is 5.73 Å². The summed E-state index contributed by atoms with van der Waals surface area (Å²) in [7, 11) is 0. The van der Waals surface area contributed by atoms with Gasteiger partial charge in [0.25, 0.3) is 0 Å². The average Bonchev–Trinajstić information content (AvgIpc) is 2.09. The number of hydrogen-bond donors (Lipinski definition) is 2. The molecule has 1 aliphatic rings. The fraction of sp³-hybridized carbons (Fsp3) is 0.889. The maximum absolute atomic E-state index is 11.0. The fourth-order valence-electron chi connectivity index (χ4n) is 1.60. The van der Waals surface area contributed by atoms with Gasteiger partial charge in [-0.2, -0.15) is 0 Å². The number of carbonyl (C=O) groups is 1. The predicted octanol–water partition coefficient (Wildman–Crippen LogP) is 1.00. The summed E-state index contributed by atoms with van der Waals surface area (Å²) in [5.41, 5.74) is 5.74. The first-order valence-corrected chi connectivity index (χ1v) is 4.91. The summed E-state index contributed by atoms with van der Waals surface area (Å²) in [5, 5.41) is 2.82. The lowest BCUT2D eigenvalue weighted by atomic mass is 9.92. The third kappa shape index (κ3) is 3.63. The largest absolute Gasteiger partial charge is 0.450 e.